The van der Waals surface area contributed by atoms with Gasteiger partial charge in [0.2, 0.25) is 5.91 Å². The number of carbonyl (C=O) groups excluding carboxylic acids is 1. The van der Waals surface area contributed by atoms with Gasteiger partial charge in [0, 0.05) is 12.1 Å². The molecule has 2 aromatic rings. The molecule has 1 unspecified atom stereocenters. The van der Waals surface area contributed by atoms with Crippen LogP contribution in [0.15, 0.2) is 42.5 Å². The summed E-state index contributed by atoms with van der Waals surface area (Å²) in [5, 5.41) is 11.9. The fourth-order valence-electron chi connectivity index (χ4n) is 2.73. The van der Waals surface area contributed by atoms with Crippen molar-refractivity contribution in [3.8, 4) is 5.75 Å². The second-order valence-corrected chi connectivity index (χ2v) is 6.21. The number of nitrogens with one attached hydrogen (secondary N) is 1. The highest BCUT2D eigenvalue weighted by Crippen LogP contribution is 2.23. The van der Waals surface area contributed by atoms with E-state index in [2.05, 4.69) is 5.32 Å². The van der Waals surface area contributed by atoms with E-state index in [1.165, 1.54) is 12.1 Å². The van der Waals surface area contributed by atoms with Crippen LogP contribution in [0.2, 0.25) is 0 Å². The van der Waals surface area contributed by atoms with Crippen LogP contribution in [0.1, 0.15) is 34.8 Å². The van der Waals surface area contributed by atoms with E-state index in [1.54, 1.807) is 13.2 Å². The number of anilines is 1. The largest absolute Gasteiger partial charge is 0.496 e. The molecule has 0 spiro atoms. The summed E-state index contributed by atoms with van der Waals surface area (Å²) >= 11 is 0. The number of amides is 1. The molecule has 5 heteroatoms. The van der Waals surface area contributed by atoms with Crippen molar-refractivity contribution in [1.82, 2.24) is 0 Å². The molecule has 25 heavy (non-hydrogen) atoms. The lowest BCUT2D eigenvalue weighted by Gasteiger charge is -2.15. The molecule has 1 amide bonds. The standard InChI is InChI=1S/C20H23NO4/c1-13(10-15-6-4-5-7-18(15)25-3)11-19(22)21-17-12-16(20(23)24)9-8-14(17)2/h4-9,12-13H,10-11H2,1-3H3,(H,21,22)(H,23,24). The van der Waals surface area contributed by atoms with Crippen molar-refractivity contribution in [2.24, 2.45) is 5.92 Å². The van der Waals surface area contributed by atoms with E-state index >= 15 is 0 Å². The molecule has 0 saturated heterocycles. The summed E-state index contributed by atoms with van der Waals surface area (Å²) in [6.07, 6.45) is 1.07. The average molecular weight is 341 g/mol. The topological polar surface area (TPSA) is 75.6 Å². The highest BCUT2D eigenvalue weighted by atomic mass is 16.5. The molecule has 2 N–H and O–H groups in total. The van der Waals surface area contributed by atoms with Crippen LogP contribution in [0.25, 0.3) is 0 Å². The van der Waals surface area contributed by atoms with E-state index in [-0.39, 0.29) is 17.4 Å². The lowest BCUT2D eigenvalue weighted by molar-refractivity contribution is -0.117. The van der Waals surface area contributed by atoms with Gasteiger partial charge in [-0.3, -0.25) is 4.79 Å². The molecule has 132 valence electrons. The Morgan fingerprint density at radius 1 is 1.20 bits per heavy atom. The zero-order valence-electron chi connectivity index (χ0n) is 14.7. The first-order valence-electron chi connectivity index (χ1n) is 8.16. The summed E-state index contributed by atoms with van der Waals surface area (Å²) < 4.78 is 5.34. The minimum atomic E-state index is -1.01. The molecule has 5 nitrogen and oxygen atoms in total. The minimum Gasteiger partial charge on any atom is -0.496 e. The Morgan fingerprint density at radius 2 is 1.92 bits per heavy atom. The van der Waals surface area contributed by atoms with Crippen LogP contribution in [0.4, 0.5) is 5.69 Å². The van der Waals surface area contributed by atoms with Crippen LogP contribution < -0.4 is 10.1 Å². The first kappa shape index (κ1) is 18.5. The number of ether oxygens (including phenoxy) is 1. The van der Waals surface area contributed by atoms with Gasteiger partial charge < -0.3 is 15.2 Å². The van der Waals surface area contributed by atoms with Gasteiger partial charge in [-0.2, -0.15) is 0 Å². The van der Waals surface area contributed by atoms with Crippen molar-refractivity contribution in [3.05, 3.63) is 59.2 Å². The van der Waals surface area contributed by atoms with Crippen molar-refractivity contribution >= 4 is 17.6 Å². The number of carbonyl (C=O) groups is 2. The molecular weight excluding hydrogens is 318 g/mol. The number of carboxylic acid groups (broad SMARTS) is 1. The number of hydrogen-bond donors (Lipinski definition) is 2. The maximum absolute atomic E-state index is 12.3. The molecule has 0 aromatic heterocycles. The second-order valence-electron chi connectivity index (χ2n) is 6.21. The first-order valence-corrected chi connectivity index (χ1v) is 8.16. The predicted octanol–water partition coefficient (Wildman–Crippen LogP) is 3.91. The Morgan fingerprint density at radius 3 is 2.60 bits per heavy atom. The van der Waals surface area contributed by atoms with E-state index in [4.69, 9.17) is 9.84 Å². The van der Waals surface area contributed by atoms with Crippen molar-refractivity contribution in [2.45, 2.75) is 26.7 Å². The first-order chi connectivity index (χ1) is 11.9. The van der Waals surface area contributed by atoms with Crippen LogP contribution in [-0.2, 0) is 11.2 Å². The molecule has 0 aliphatic rings. The molecule has 0 bridgehead atoms. The van der Waals surface area contributed by atoms with Crippen LogP contribution >= 0.6 is 0 Å². The lowest BCUT2D eigenvalue weighted by atomic mass is 9.97. The number of carboxylic acids is 1. The van der Waals surface area contributed by atoms with Gasteiger partial charge in [-0.05, 0) is 48.6 Å². The maximum Gasteiger partial charge on any atom is 0.335 e. The Labute approximate surface area is 147 Å². The molecule has 0 aliphatic carbocycles. The van der Waals surface area contributed by atoms with Gasteiger partial charge in [-0.1, -0.05) is 31.2 Å². The summed E-state index contributed by atoms with van der Waals surface area (Å²) in [6, 6.07) is 12.5. The van der Waals surface area contributed by atoms with Gasteiger partial charge >= 0.3 is 5.97 Å². The van der Waals surface area contributed by atoms with E-state index in [1.807, 2.05) is 38.1 Å². The highest BCUT2D eigenvalue weighted by Gasteiger charge is 2.14. The normalized spacial score (nSPS) is 11.6. The summed E-state index contributed by atoms with van der Waals surface area (Å²) in [5.41, 5.74) is 2.59. The van der Waals surface area contributed by atoms with Crippen LogP contribution in [-0.4, -0.2) is 24.1 Å². The number of aryl methyl sites for hydroxylation is 1. The molecule has 0 aliphatic heterocycles. The number of aromatic carboxylic acids is 1. The Kier molecular flexibility index (Phi) is 6.17. The van der Waals surface area contributed by atoms with Crippen molar-refractivity contribution < 1.29 is 19.4 Å². The summed E-state index contributed by atoms with van der Waals surface area (Å²) in [4.78, 5) is 23.4. The second kappa shape index (κ2) is 8.33. The van der Waals surface area contributed by atoms with Crippen molar-refractivity contribution in [3.63, 3.8) is 0 Å². The van der Waals surface area contributed by atoms with Gasteiger partial charge in [0.05, 0.1) is 12.7 Å². The van der Waals surface area contributed by atoms with Gasteiger partial charge in [-0.25, -0.2) is 4.79 Å². The molecule has 0 fully saturated rings. The number of hydrogen-bond acceptors (Lipinski definition) is 3. The van der Waals surface area contributed by atoms with E-state index < -0.39 is 5.97 Å². The van der Waals surface area contributed by atoms with Crippen molar-refractivity contribution in [1.29, 1.82) is 0 Å². The molecule has 1 atom stereocenters. The van der Waals surface area contributed by atoms with Crippen molar-refractivity contribution in [2.75, 3.05) is 12.4 Å². The van der Waals surface area contributed by atoms with Crippen LogP contribution in [0.3, 0.4) is 0 Å². The van der Waals surface area contributed by atoms with Crippen LogP contribution in [0.5, 0.6) is 5.75 Å². The molecule has 2 rings (SSSR count). The molecule has 0 saturated carbocycles. The third-order valence-corrected chi connectivity index (χ3v) is 4.05. The van der Waals surface area contributed by atoms with Crippen LogP contribution in [0, 0.1) is 12.8 Å². The fraction of sp³-hybridized carbons (Fsp3) is 0.300. The van der Waals surface area contributed by atoms with Gasteiger partial charge in [0.15, 0.2) is 0 Å². The zero-order valence-corrected chi connectivity index (χ0v) is 14.7. The zero-order chi connectivity index (χ0) is 18.4. The number of methoxy groups -OCH3 is 1. The SMILES string of the molecule is COc1ccccc1CC(C)CC(=O)Nc1cc(C(=O)O)ccc1C. The molecule has 0 radical (unpaired) electrons. The van der Waals surface area contributed by atoms with Gasteiger partial charge in [0.25, 0.3) is 0 Å². The van der Waals surface area contributed by atoms with E-state index in [0.717, 1.165) is 23.3 Å². The monoisotopic (exact) mass is 341 g/mol. The smallest absolute Gasteiger partial charge is 0.335 e. The summed E-state index contributed by atoms with van der Waals surface area (Å²) in [5.74, 6) is -0.202. The quantitative estimate of drug-likeness (QED) is 0.800. The Balaban J connectivity index is 2.00. The number of rotatable bonds is 7. The third-order valence-electron chi connectivity index (χ3n) is 4.05. The number of benzene rings is 2. The van der Waals surface area contributed by atoms with Gasteiger partial charge in [0.1, 0.15) is 5.75 Å². The Bertz CT molecular complexity index is 770. The average Bonchev–Trinajstić information content (AvgIpc) is 2.56. The van der Waals surface area contributed by atoms with Gasteiger partial charge in [-0.15, -0.1) is 0 Å². The lowest BCUT2D eigenvalue weighted by Crippen LogP contribution is -2.17. The van der Waals surface area contributed by atoms with E-state index in [9.17, 15) is 9.59 Å². The molecular formula is C20H23NO4. The summed E-state index contributed by atoms with van der Waals surface area (Å²) in [6.45, 7) is 3.84. The minimum absolute atomic E-state index is 0.124. The fourth-order valence-corrected chi connectivity index (χ4v) is 2.73. The third kappa shape index (κ3) is 5.08. The summed E-state index contributed by atoms with van der Waals surface area (Å²) in [7, 11) is 1.63. The maximum atomic E-state index is 12.3. The predicted molar refractivity (Wildman–Crippen MR) is 97.2 cm³/mol. The van der Waals surface area contributed by atoms with E-state index in [0.29, 0.717) is 12.1 Å². The molecule has 0 heterocycles. The molecule has 2 aromatic carbocycles. The Hall–Kier alpha value is -2.82. The highest BCUT2D eigenvalue weighted by molar-refractivity contribution is 5.94. The number of para-hydroxylation sites is 1.